The number of hydrogen-bond acceptors (Lipinski definition) is 3. The zero-order valence-corrected chi connectivity index (χ0v) is 16.1. The number of carbonyl (C=O) groups is 1. The smallest absolute Gasteiger partial charge is 0.274 e. The Morgan fingerprint density at radius 1 is 1.32 bits per heavy atom. The Hall–Kier alpha value is -2.34. The first kappa shape index (κ1) is 17.5. The molecule has 0 saturated heterocycles. The SMILES string of the molecule is CCOc1cccn2c(C(=O)Nc3ccc(C)cc3Br)c(CC)nc12. The lowest BCUT2D eigenvalue weighted by Gasteiger charge is -2.10. The third kappa shape index (κ3) is 3.39. The molecule has 3 rings (SSSR count). The van der Waals surface area contributed by atoms with Crippen molar-refractivity contribution in [2.45, 2.75) is 27.2 Å². The van der Waals surface area contributed by atoms with Crippen LogP contribution in [0.15, 0.2) is 41.0 Å². The molecule has 0 unspecified atom stereocenters. The normalized spacial score (nSPS) is 10.9. The van der Waals surface area contributed by atoms with Gasteiger partial charge in [0.1, 0.15) is 5.69 Å². The number of benzene rings is 1. The van der Waals surface area contributed by atoms with E-state index in [2.05, 4.69) is 26.2 Å². The number of aryl methyl sites for hydroxylation is 2. The van der Waals surface area contributed by atoms with Crippen molar-refractivity contribution in [1.29, 1.82) is 0 Å². The highest BCUT2D eigenvalue weighted by Gasteiger charge is 2.21. The van der Waals surface area contributed by atoms with E-state index in [1.165, 1.54) is 0 Å². The maximum absolute atomic E-state index is 12.9. The average molecular weight is 402 g/mol. The van der Waals surface area contributed by atoms with E-state index in [9.17, 15) is 4.79 Å². The quantitative estimate of drug-likeness (QED) is 0.678. The van der Waals surface area contributed by atoms with Crippen molar-refractivity contribution in [1.82, 2.24) is 9.38 Å². The summed E-state index contributed by atoms with van der Waals surface area (Å²) < 4.78 is 8.28. The summed E-state index contributed by atoms with van der Waals surface area (Å²) in [6.07, 6.45) is 2.49. The molecule has 2 aromatic heterocycles. The van der Waals surface area contributed by atoms with Crippen molar-refractivity contribution < 1.29 is 9.53 Å². The molecule has 0 spiro atoms. The van der Waals surface area contributed by atoms with E-state index in [4.69, 9.17) is 4.74 Å². The molecular formula is C19H20BrN3O2. The van der Waals surface area contributed by atoms with Crippen molar-refractivity contribution in [3.63, 3.8) is 0 Å². The summed E-state index contributed by atoms with van der Waals surface area (Å²) in [5.74, 6) is 0.484. The van der Waals surface area contributed by atoms with Crippen molar-refractivity contribution in [3.8, 4) is 5.75 Å². The fraction of sp³-hybridized carbons (Fsp3) is 0.263. The van der Waals surface area contributed by atoms with Gasteiger partial charge in [-0.1, -0.05) is 13.0 Å². The van der Waals surface area contributed by atoms with Crippen LogP contribution < -0.4 is 10.1 Å². The van der Waals surface area contributed by atoms with Crippen molar-refractivity contribution >= 4 is 33.2 Å². The molecule has 0 fully saturated rings. The van der Waals surface area contributed by atoms with Crippen molar-refractivity contribution in [2.24, 2.45) is 0 Å². The average Bonchev–Trinajstić information content (AvgIpc) is 2.97. The van der Waals surface area contributed by atoms with E-state index in [1.54, 1.807) is 4.40 Å². The van der Waals surface area contributed by atoms with Gasteiger partial charge in [-0.05, 0) is 66.0 Å². The molecule has 0 aliphatic carbocycles. The van der Waals surface area contributed by atoms with Gasteiger partial charge in [0, 0.05) is 10.7 Å². The summed E-state index contributed by atoms with van der Waals surface area (Å²) in [4.78, 5) is 17.6. The second-order valence-electron chi connectivity index (χ2n) is 5.70. The molecular weight excluding hydrogens is 382 g/mol. The molecule has 0 aliphatic rings. The van der Waals surface area contributed by atoms with Crippen molar-refractivity contribution in [2.75, 3.05) is 11.9 Å². The summed E-state index contributed by atoms with van der Waals surface area (Å²) in [5, 5.41) is 2.97. The number of ether oxygens (including phenoxy) is 1. The Kier molecular flexibility index (Phi) is 5.08. The molecule has 1 aromatic carbocycles. The number of nitrogens with zero attached hydrogens (tertiary/aromatic N) is 2. The second-order valence-corrected chi connectivity index (χ2v) is 6.55. The first-order chi connectivity index (χ1) is 12.0. The van der Waals surface area contributed by atoms with Gasteiger partial charge in [-0.3, -0.25) is 9.20 Å². The molecule has 3 aromatic rings. The number of fused-ring (bicyclic) bond motifs is 1. The van der Waals surface area contributed by atoms with Gasteiger partial charge in [-0.15, -0.1) is 0 Å². The van der Waals surface area contributed by atoms with E-state index >= 15 is 0 Å². The first-order valence-electron chi connectivity index (χ1n) is 8.25. The minimum absolute atomic E-state index is 0.192. The maximum Gasteiger partial charge on any atom is 0.274 e. The molecule has 0 radical (unpaired) electrons. The van der Waals surface area contributed by atoms with Crippen LogP contribution >= 0.6 is 15.9 Å². The molecule has 0 bridgehead atoms. The van der Waals surface area contributed by atoms with Crippen LogP contribution in [0.2, 0.25) is 0 Å². The highest BCUT2D eigenvalue weighted by molar-refractivity contribution is 9.10. The zero-order valence-electron chi connectivity index (χ0n) is 14.5. The molecule has 2 heterocycles. The molecule has 1 N–H and O–H groups in total. The lowest BCUT2D eigenvalue weighted by molar-refractivity contribution is 0.102. The highest BCUT2D eigenvalue weighted by Crippen LogP contribution is 2.26. The van der Waals surface area contributed by atoms with Crippen LogP contribution in [-0.2, 0) is 6.42 Å². The van der Waals surface area contributed by atoms with Crippen LogP contribution in [0, 0.1) is 6.92 Å². The minimum Gasteiger partial charge on any atom is -0.490 e. The number of pyridine rings is 1. The molecule has 0 atom stereocenters. The first-order valence-corrected chi connectivity index (χ1v) is 9.04. The topological polar surface area (TPSA) is 55.6 Å². The van der Waals surface area contributed by atoms with E-state index in [1.807, 2.05) is 57.3 Å². The van der Waals surface area contributed by atoms with E-state index in [0.29, 0.717) is 30.1 Å². The Morgan fingerprint density at radius 3 is 2.80 bits per heavy atom. The molecule has 0 saturated carbocycles. The largest absolute Gasteiger partial charge is 0.490 e. The second kappa shape index (κ2) is 7.27. The van der Waals surface area contributed by atoms with Crippen LogP contribution in [0.25, 0.3) is 5.65 Å². The molecule has 1 amide bonds. The number of hydrogen-bond donors (Lipinski definition) is 1. The number of nitrogens with one attached hydrogen (secondary N) is 1. The summed E-state index contributed by atoms with van der Waals surface area (Å²) in [6.45, 7) is 6.47. The van der Waals surface area contributed by atoms with E-state index < -0.39 is 0 Å². The molecule has 0 aliphatic heterocycles. The van der Waals surface area contributed by atoms with Gasteiger partial charge < -0.3 is 10.1 Å². The highest BCUT2D eigenvalue weighted by atomic mass is 79.9. The Labute approximate surface area is 155 Å². The summed E-state index contributed by atoms with van der Waals surface area (Å²) in [6, 6.07) is 9.54. The van der Waals surface area contributed by atoms with E-state index in [-0.39, 0.29) is 5.91 Å². The number of carbonyl (C=O) groups excluding carboxylic acids is 1. The number of rotatable bonds is 5. The number of imidazole rings is 1. The monoisotopic (exact) mass is 401 g/mol. The van der Waals surface area contributed by atoms with Crippen molar-refractivity contribution in [3.05, 3.63) is 58.0 Å². The number of anilines is 1. The summed E-state index contributed by atoms with van der Waals surface area (Å²) in [7, 11) is 0. The fourth-order valence-electron chi connectivity index (χ4n) is 2.75. The minimum atomic E-state index is -0.192. The van der Waals surface area contributed by atoms with Crippen LogP contribution in [-0.4, -0.2) is 21.9 Å². The van der Waals surface area contributed by atoms with Gasteiger partial charge >= 0.3 is 0 Å². The van der Waals surface area contributed by atoms with Gasteiger partial charge in [0.2, 0.25) is 0 Å². The predicted octanol–water partition coefficient (Wildman–Crippen LogP) is 4.62. The number of halogens is 1. The van der Waals surface area contributed by atoms with Crippen LogP contribution in [0.5, 0.6) is 5.75 Å². The van der Waals surface area contributed by atoms with Gasteiger partial charge in [0.05, 0.1) is 18.0 Å². The fourth-order valence-corrected chi connectivity index (χ4v) is 3.34. The molecule has 6 heteroatoms. The van der Waals surface area contributed by atoms with Crippen LogP contribution in [0.3, 0.4) is 0 Å². The zero-order chi connectivity index (χ0) is 18.0. The molecule has 5 nitrogen and oxygen atoms in total. The standard InChI is InChI=1S/C19H20BrN3O2/c1-4-14-17(19(24)22-15-9-8-12(3)11-13(15)20)23-10-6-7-16(25-5-2)18(23)21-14/h6-11H,4-5H2,1-3H3,(H,22,24). The molecule has 25 heavy (non-hydrogen) atoms. The Morgan fingerprint density at radius 2 is 2.12 bits per heavy atom. The number of amides is 1. The Bertz CT molecular complexity index is 934. The third-order valence-corrected chi connectivity index (χ3v) is 4.57. The summed E-state index contributed by atoms with van der Waals surface area (Å²) in [5.41, 5.74) is 3.79. The lowest BCUT2D eigenvalue weighted by Crippen LogP contribution is -2.16. The maximum atomic E-state index is 12.9. The lowest BCUT2D eigenvalue weighted by atomic mass is 10.2. The van der Waals surface area contributed by atoms with Crippen LogP contribution in [0.1, 0.15) is 35.6 Å². The van der Waals surface area contributed by atoms with Gasteiger partial charge in [0.25, 0.3) is 5.91 Å². The third-order valence-electron chi connectivity index (χ3n) is 3.91. The van der Waals surface area contributed by atoms with Gasteiger partial charge in [-0.2, -0.15) is 0 Å². The van der Waals surface area contributed by atoms with Gasteiger partial charge in [-0.25, -0.2) is 4.98 Å². The number of aromatic nitrogens is 2. The Balaban J connectivity index is 2.04. The van der Waals surface area contributed by atoms with E-state index in [0.717, 1.165) is 21.4 Å². The predicted molar refractivity (Wildman–Crippen MR) is 103 cm³/mol. The molecule has 130 valence electrons. The summed E-state index contributed by atoms with van der Waals surface area (Å²) >= 11 is 3.50. The van der Waals surface area contributed by atoms with Crippen LogP contribution in [0.4, 0.5) is 5.69 Å². The van der Waals surface area contributed by atoms with Gasteiger partial charge in [0.15, 0.2) is 11.4 Å².